The van der Waals surface area contributed by atoms with Gasteiger partial charge in [0, 0.05) is 49.2 Å². The maximum atomic E-state index is 5.07. The fourth-order valence-corrected chi connectivity index (χ4v) is 8.77. The van der Waals surface area contributed by atoms with Gasteiger partial charge in [0.1, 0.15) is 11.3 Å². The molecule has 11 rings (SSSR count). The molecule has 0 aliphatic carbocycles. The average Bonchev–Trinajstić information content (AvgIpc) is 3.89. The van der Waals surface area contributed by atoms with Crippen LogP contribution in [0.2, 0.25) is 0 Å². The Morgan fingerprint density at radius 3 is 1.65 bits per heavy atom. The summed E-state index contributed by atoms with van der Waals surface area (Å²) < 4.78 is 8.11. The lowest BCUT2D eigenvalue weighted by Crippen LogP contribution is -2.03. The minimum Gasteiger partial charge on any atom is -0.319 e. The fraction of sp³-hybridized carbons (Fsp3) is 0.0204. The molecular weight excluding hydrogens is 738 g/mol. The number of hydrogen-bond acceptors (Lipinski definition) is 2. The van der Waals surface area contributed by atoms with Gasteiger partial charge >= 0.3 is 0 Å². The predicted octanol–water partition coefficient (Wildman–Crippen LogP) is 12.8. The number of aromatic nitrogens is 5. The third-order valence-corrected chi connectivity index (χ3v) is 11.7. The minimum atomic E-state index is 0.691. The van der Waals surface area contributed by atoms with Crippen molar-refractivity contribution in [1.29, 1.82) is 0 Å². The largest absolute Gasteiger partial charge is 0.319 e. The van der Waals surface area contributed by atoms with Gasteiger partial charge in [0.15, 0.2) is 0 Å². The molecule has 0 unspecified atom stereocenters. The molecule has 0 atom stereocenters. The molecule has 0 saturated heterocycles. The van der Waals surface area contributed by atoms with Crippen molar-refractivity contribution < 1.29 is 0 Å². The zero-order valence-electron chi connectivity index (χ0n) is 29.6. The molecule has 11 aromatic rings. The van der Waals surface area contributed by atoms with E-state index in [9.17, 15) is 0 Å². The standard InChI is InChI=1S/C49H32BrN5/c50-42-15-7-4-10-35(42)31-53-48-26-27-51-30-43(48)52-49(53)32-18-22-37(23-19-32)55-45-17-9-6-14-39(45)41-29-34(21-25-47(41)55)33-20-24-46-40(28-33)38-13-5-8-16-44(38)54(46)36-11-2-1-3-12-36/h1-30H,31H2. The van der Waals surface area contributed by atoms with E-state index in [4.69, 9.17) is 4.98 Å². The zero-order valence-corrected chi connectivity index (χ0v) is 31.2. The van der Waals surface area contributed by atoms with Gasteiger partial charge < -0.3 is 13.7 Å². The van der Waals surface area contributed by atoms with Crippen molar-refractivity contribution in [3.63, 3.8) is 0 Å². The van der Waals surface area contributed by atoms with E-state index in [1.807, 2.05) is 24.5 Å². The van der Waals surface area contributed by atoms with Crippen LogP contribution in [0.25, 0.3) is 88.5 Å². The Labute approximate surface area is 325 Å². The number of hydrogen-bond donors (Lipinski definition) is 0. The summed E-state index contributed by atoms with van der Waals surface area (Å²) in [5.41, 5.74) is 13.6. The SMILES string of the molecule is Brc1ccccc1Cn1c(-c2ccc(-n3c4ccccc4c4cc(-c5ccc6c(c5)c5ccccc5n6-c5ccccc5)ccc43)cc2)nc2cnccc21. The Balaban J connectivity index is 1.01. The van der Waals surface area contributed by atoms with Crippen LogP contribution in [0, 0.1) is 0 Å². The van der Waals surface area contributed by atoms with E-state index in [0.29, 0.717) is 6.54 Å². The molecular formula is C49H32BrN5. The highest BCUT2D eigenvalue weighted by atomic mass is 79.9. The predicted molar refractivity (Wildman–Crippen MR) is 230 cm³/mol. The molecule has 0 bridgehead atoms. The maximum absolute atomic E-state index is 5.07. The van der Waals surface area contributed by atoms with Crippen LogP contribution in [0.5, 0.6) is 0 Å². The van der Waals surface area contributed by atoms with Crippen molar-refractivity contribution in [2.24, 2.45) is 0 Å². The van der Waals surface area contributed by atoms with Gasteiger partial charge in [-0.1, -0.05) is 101 Å². The highest BCUT2D eigenvalue weighted by Gasteiger charge is 2.18. The Morgan fingerprint density at radius 1 is 0.455 bits per heavy atom. The van der Waals surface area contributed by atoms with Crippen molar-refractivity contribution in [3.05, 3.63) is 192 Å². The topological polar surface area (TPSA) is 40.6 Å². The van der Waals surface area contributed by atoms with Gasteiger partial charge in [-0.25, -0.2) is 4.98 Å². The lowest BCUT2D eigenvalue weighted by Gasteiger charge is -2.12. The Kier molecular flexibility index (Phi) is 7.32. The van der Waals surface area contributed by atoms with Crippen LogP contribution in [0.1, 0.15) is 5.56 Å². The van der Waals surface area contributed by atoms with Gasteiger partial charge in [-0.3, -0.25) is 4.98 Å². The first-order valence-electron chi connectivity index (χ1n) is 18.5. The van der Waals surface area contributed by atoms with Crippen LogP contribution < -0.4 is 0 Å². The number of halogens is 1. The summed E-state index contributed by atoms with van der Waals surface area (Å²) in [6.07, 6.45) is 3.68. The fourth-order valence-electron chi connectivity index (χ4n) is 8.36. The first-order valence-corrected chi connectivity index (χ1v) is 19.3. The smallest absolute Gasteiger partial charge is 0.141 e. The van der Waals surface area contributed by atoms with Crippen LogP contribution in [0.4, 0.5) is 0 Å². The number of para-hydroxylation sites is 3. The van der Waals surface area contributed by atoms with E-state index in [-0.39, 0.29) is 0 Å². The summed E-state index contributed by atoms with van der Waals surface area (Å²) in [4.78, 5) is 9.43. The van der Waals surface area contributed by atoms with Crippen LogP contribution in [0.15, 0.2) is 187 Å². The highest BCUT2D eigenvalue weighted by molar-refractivity contribution is 9.10. The molecule has 0 radical (unpaired) electrons. The molecule has 4 aromatic heterocycles. The third kappa shape index (κ3) is 5.13. The van der Waals surface area contributed by atoms with E-state index < -0.39 is 0 Å². The monoisotopic (exact) mass is 769 g/mol. The molecule has 0 amide bonds. The molecule has 0 spiro atoms. The molecule has 0 aliphatic rings. The van der Waals surface area contributed by atoms with E-state index in [1.54, 1.807) is 0 Å². The second kappa shape index (κ2) is 12.7. The van der Waals surface area contributed by atoms with Crippen LogP contribution in [0.3, 0.4) is 0 Å². The summed E-state index contributed by atoms with van der Waals surface area (Å²) >= 11 is 3.75. The normalized spacial score (nSPS) is 11.8. The van der Waals surface area contributed by atoms with Crippen LogP contribution in [-0.4, -0.2) is 23.7 Å². The Morgan fingerprint density at radius 2 is 1.00 bits per heavy atom. The Hall–Kier alpha value is -6.76. The molecule has 260 valence electrons. The summed E-state index contributed by atoms with van der Waals surface area (Å²) in [6.45, 7) is 0.691. The average molecular weight is 771 g/mol. The molecule has 0 N–H and O–H groups in total. The van der Waals surface area contributed by atoms with Gasteiger partial charge in [-0.15, -0.1) is 0 Å². The van der Waals surface area contributed by atoms with Crippen LogP contribution >= 0.6 is 15.9 Å². The quantitative estimate of drug-likeness (QED) is 0.169. The second-order valence-electron chi connectivity index (χ2n) is 14.0. The highest BCUT2D eigenvalue weighted by Crippen LogP contribution is 2.38. The van der Waals surface area contributed by atoms with E-state index in [0.717, 1.165) is 32.6 Å². The van der Waals surface area contributed by atoms with E-state index in [2.05, 4.69) is 192 Å². The van der Waals surface area contributed by atoms with Crippen molar-refractivity contribution in [1.82, 2.24) is 23.7 Å². The first-order chi connectivity index (χ1) is 27.2. The number of fused-ring (bicyclic) bond motifs is 7. The number of pyridine rings is 1. The number of benzene rings is 7. The van der Waals surface area contributed by atoms with Gasteiger partial charge in [0.25, 0.3) is 0 Å². The van der Waals surface area contributed by atoms with Gasteiger partial charge in [-0.2, -0.15) is 0 Å². The lowest BCUT2D eigenvalue weighted by atomic mass is 10.0. The minimum absolute atomic E-state index is 0.691. The molecule has 4 heterocycles. The number of rotatable bonds is 6. The van der Waals surface area contributed by atoms with Gasteiger partial charge in [0.05, 0.1) is 40.3 Å². The van der Waals surface area contributed by atoms with Crippen molar-refractivity contribution in [3.8, 4) is 33.9 Å². The number of nitrogens with zero attached hydrogens (tertiary/aromatic N) is 5. The molecule has 0 fully saturated rings. The van der Waals surface area contributed by atoms with Gasteiger partial charge in [0.2, 0.25) is 0 Å². The second-order valence-corrected chi connectivity index (χ2v) is 14.9. The number of imidazole rings is 1. The summed E-state index contributed by atoms with van der Waals surface area (Å²) in [7, 11) is 0. The lowest BCUT2D eigenvalue weighted by molar-refractivity contribution is 0.830. The van der Waals surface area contributed by atoms with Crippen molar-refractivity contribution in [2.45, 2.75) is 6.54 Å². The third-order valence-electron chi connectivity index (χ3n) is 10.9. The van der Waals surface area contributed by atoms with E-state index in [1.165, 1.54) is 66.0 Å². The molecule has 7 aromatic carbocycles. The molecule has 5 nitrogen and oxygen atoms in total. The summed E-state index contributed by atoms with van der Waals surface area (Å²) in [6, 6.07) is 61.1. The van der Waals surface area contributed by atoms with Crippen molar-refractivity contribution in [2.75, 3.05) is 0 Å². The van der Waals surface area contributed by atoms with Gasteiger partial charge in [-0.05, 0) is 102 Å². The Bertz CT molecular complexity index is 3240. The molecule has 6 heteroatoms. The zero-order chi connectivity index (χ0) is 36.5. The maximum Gasteiger partial charge on any atom is 0.141 e. The first kappa shape index (κ1) is 31.7. The van der Waals surface area contributed by atoms with Crippen LogP contribution in [-0.2, 0) is 6.54 Å². The summed E-state index contributed by atoms with van der Waals surface area (Å²) in [5.74, 6) is 0.918. The van der Waals surface area contributed by atoms with E-state index >= 15 is 0 Å². The summed E-state index contributed by atoms with van der Waals surface area (Å²) in [5, 5.41) is 4.96. The molecule has 0 saturated carbocycles. The van der Waals surface area contributed by atoms with Crippen molar-refractivity contribution >= 4 is 70.6 Å². The molecule has 0 aliphatic heterocycles. The molecule has 55 heavy (non-hydrogen) atoms.